The number of hydrogen-bond acceptors (Lipinski definition) is 3. The van der Waals surface area contributed by atoms with Crippen molar-refractivity contribution in [3.8, 4) is 0 Å². The van der Waals surface area contributed by atoms with Crippen LogP contribution in [0.15, 0.2) is 161 Å². The number of rotatable bonds is 8. The summed E-state index contributed by atoms with van der Waals surface area (Å²) in [4.78, 5) is 27.1. The molecule has 62 heavy (non-hydrogen) atoms. The van der Waals surface area contributed by atoms with Crippen molar-refractivity contribution < 1.29 is 4.79 Å². The van der Waals surface area contributed by atoms with Gasteiger partial charge in [-0.25, -0.2) is 0 Å². The summed E-state index contributed by atoms with van der Waals surface area (Å²) in [5.74, 6) is 0.0339. The zero-order valence-corrected chi connectivity index (χ0v) is 34.9. The Hall–Kier alpha value is -8.07. The van der Waals surface area contributed by atoms with Gasteiger partial charge in [-0.3, -0.25) is 4.79 Å². The SMILES string of the molecule is CCn1c2ccccc2c2cc(C=O)ccc21.[C-]#[N+]C1=C([N+]#[C-])N=C(C=Cc2ccc3c(c2)c2ccccc2n3CC)CC(C=Cc2ccc3c(c2)c2ccccc2n3CC)=N1. The minimum Gasteiger partial charge on any atom is -0.370 e. The van der Waals surface area contributed by atoms with E-state index < -0.39 is 0 Å². The van der Waals surface area contributed by atoms with Crippen molar-refractivity contribution in [1.29, 1.82) is 0 Å². The van der Waals surface area contributed by atoms with E-state index >= 15 is 0 Å². The van der Waals surface area contributed by atoms with Crippen LogP contribution in [0.3, 0.4) is 0 Å². The van der Waals surface area contributed by atoms with Gasteiger partial charge in [0, 0.05) is 90.6 Å². The van der Waals surface area contributed by atoms with Crippen LogP contribution in [-0.4, -0.2) is 31.4 Å². The van der Waals surface area contributed by atoms with Gasteiger partial charge in [0.15, 0.2) is 0 Å². The molecular formula is C54H43N7O. The molecule has 0 saturated heterocycles. The average molecular weight is 806 g/mol. The maximum Gasteiger partial charge on any atom is 0.293 e. The van der Waals surface area contributed by atoms with Gasteiger partial charge in [-0.2, -0.15) is 0 Å². The second kappa shape index (κ2) is 16.9. The Labute approximate surface area is 360 Å². The first-order valence-electron chi connectivity index (χ1n) is 20.9. The molecule has 0 saturated carbocycles. The summed E-state index contributed by atoms with van der Waals surface area (Å²) in [5, 5.41) is 7.25. The number of carbonyl (C=O) groups excluding carboxylic acids is 1. The lowest BCUT2D eigenvalue weighted by atomic mass is 10.1. The number of para-hydroxylation sites is 3. The fourth-order valence-electron chi connectivity index (χ4n) is 8.88. The van der Waals surface area contributed by atoms with Crippen molar-refractivity contribution in [3.05, 3.63) is 191 Å². The molecule has 8 heteroatoms. The summed E-state index contributed by atoms with van der Waals surface area (Å²) in [6, 6.07) is 44.1. The van der Waals surface area contributed by atoms with E-state index in [4.69, 9.17) is 13.1 Å². The molecule has 0 N–H and O–H groups in total. The van der Waals surface area contributed by atoms with Crippen molar-refractivity contribution in [2.24, 2.45) is 9.98 Å². The van der Waals surface area contributed by atoms with Gasteiger partial charge in [-0.05, 0) is 105 Å². The highest BCUT2D eigenvalue weighted by Crippen LogP contribution is 2.33. The largest absolute Gasteiger partial charge is 0.370 e. The minimum absolute atomic E-state index is 0.0170. The number of aliphatic imine (C=N–C) groups is 2. The maximum atomic E-state index is 10.9. The van der Waals surface area contributed by atoms with Crippen LogP contribution in [0, 0.1) is 13.1 Å². The first kappa shape index (κ1) is 39.4. The van der Waals surface area contributed by atoms with E-state index in [-0.39, 0.29) is 11.6 Å². The molecule has 0 spiro atoms. The van der Waals surface area contributed by atoms with Gasteiger partial charge in [0.05, 0.1) is 6.42 Å². The smallest absolute Gasteiger partial charge is 0.293 e. The molecule has 0 unspecified atom stereocenters. The lowest BCUT2D eigenvalue weighted by molar-refractivity contribution is 0.112. The number of hydrogen-bond donors (Lipinski definition) is 0. The van der Waals surface area contributed by atoms with Gasteiger partial charge >= 0.3 is 0 Å². The third-order valence-corrected chi connectivity index (χ3v) is 11.7. The molecule has 0 fully saturated rings. The van der Waals surface area contributed by atoms with Crippen LogP contribution in [0.1, 0.15) is 48.7 Å². The average Bonchev–Trinajstić information content (AvgIpc) is 3.89. The second-order valence-corrected chi connectivity index (χ2v) is 15.2. The first-order valence-corrected chi connectivity index (χ1v) is 20.9. The van der Waals surface area contributed by atoms with E-state index in [1.54, 1.807) is 0 Å². The molecule has 0 bridgehead atoms. The number of fused-ring (bicyclic) bond motifs is 9. The van der Waals surface area contributed by atoms with Crippen LogP contribution in [0.4, 0.5) is 0 Å². The van der Waals surface area contributed by atoms with Crippen LogP contribution in [-0.2, 0) is 19.6 Å². The van der Waals surface area contributed by atoms with Crippen LogP contribution in [0.2, 0.25) is 0 Å². The standard InChI is InChI=1S/C39H30N6.C15H13NO/c1-5-44-34-13-9-7-11-30(34)32-23-26(17-21-36(32)44)15-19-28-25-29(43-39(41-4)38(40-3)42-28)20-16-27-18-22-37-33(24-27)31-12-8-10-14-35(31)45(37)6-2;1-2-16-14-6-4-3-5-12(14)13-9-11(10-17)7-8-15(13)16/h7-24H,5-6,25H2,1-2H3;3-10H,2H2,1H3. The molecule has 3 aromatic heterocycles. The lowest BCUT2D eigenvalue weighted by Gasteiger charge is -2.03. The van der Waals surface area contributed by atoms with E-state index in [0.717, 1.165) is 48.0 Å². The molecule has 0 radical (unpaired) electrons. The van der Waals surface area contributed by atoms with Gasteiger partial charge in [-0.15, -0.1) is 9.98 Å². The van der Waals surface area contributed by atoms with E-state index in [0.29, 0.717) is 17.8 Å². The molecule has 0 atom stereocenters. The molecule has 1 aliphatic heterocycles. The maximum absolute atomic E-state index is 10.9. The van der Waals surface area contributed by atoms with E-state index in [2.05, 4.69) is 151 Å². The van der Waals surface area contributed by atoms with Gasteiger partial charge < -0.3 is 23.4 Å². The number of aromatic nitrogens is 3. The highest BCUT2D eigenvalue weighted by Gasteiger charge is 2.19. The Kier molecular flexibility index (Phi) is 10.7. The Morgan fingerprint density at radius 1 is 0.468 bits per heavy atom. The first-order chi connectivity index (χ1) is 30.5. The predicted molar refractivity (Wildman–Crippen MR) is 259 cm³/mol. The third kappa shape index (κ3) is 7.08. The zero-order valence-electron chi connectivity index (χ0n) is 34.9. The molecule has 8 nitrogen and oxygen atoms in total. The Morgan fingerprint density at radius 3 is 1.16 bits per heavy atom. The quantitative estimate of drug-likeness (QED) is 0.111. The molecule has 9 aromatic rings. The predicted octanol–water partition coefficient (Wildman–Crippen LogP) is 13.5. The molecule has 6 aromatic carbocycles. The summed E-state index contributed by atoms with van der Waals surface area (Å²) in [6.07, 6.45) is 9.23. The van der Waals surface area contributed by atoms with Crippen LogP contribution >= 0.6 is 0 Å². The van der Waals surface area contributed by atoms with Gasteiger partial charge in [0.1, 0.15) is 17.7 Å². The van der Waals surface area contributed by atoms with Crippen molar-refractivity contribution in [2.75, 3.05) is 0 Å². The Bertz CT molecular complexity index is 3330. The Morgan fingerprint density at radius 2 is 0.806 bits per heavy atom. The van der Waals surface area contributed by atoms with Crippen LogP contribution in [0.5, 0.6) is 0 Å². The molecule has 300 valence electrons. The van der Waals surface area contributed by atoms with E-state index in [1.165, 1.54) is 60.0 Å². The van der Waals surface area contributed by atoms with Crippen molar-refractivity contribution in [1.82, 2.24) is 13.7 Å². The monoisotopic (exact) mass is 805 g/mol. The van der Waals surface area contributed by atoms with Crippen molar-refractivity contribution in [2.45, 2.75) is 46.8 Å². The zero-order chi connectivity index (χ0) is 42.7. The number of nitrogens with zero attached hydrogens (tertiary/aromatic N) is 7. The number of carbonyl (C=O) groups is 1. The Balaban J connectivity index is 0.000000240. The fraction of sp³-hybridized carbons (Fsp3) is 0.130. The van der Waals surface area contributed by atoms with Crippen molar-refractivity contribution in [3.63, 3.8) is 0 Å². The molecule has 10 rings (SSSR count). The highest BCUT2D eigenvalue weighted by atomic mass is 16.1. The lowest BCUT2D eigenvalue weighted by Crippen LogP contribution is -2.02. The molecular weight excluding hydrogens is 763 g/mol. The van der Waals surface area contributed by atoms with Gasteiger partial charge in [0.2, 0.25) is 0 Å². The molecule has 0 amide bonds. The number of aryl methyl sites for hydroxylation is 3. The summed E-state index contributed by atoms with van der Waals surface area (Å²) in [5.41, 5.74) is 11.5. The number of allylic oxidation sites excluding steroid dienone is 2. The van der Waals surface area contributed by atoms with Crippen LogP contribution < -0.4 is 0 Å². The molecule has 1 aliphatic rings. The summed E-state index contributed by atoms with van der Waals surface area (Å²) < 4.78 is 6.95. The third-order valence-electron chi connectivity index (χ3n) is 11.7. The minimum atomic E-state index is 0.0170. The van der Waals surface area contributed by atoms with E-state index in [1.807, 2.05) is 54.6 Å². The van der Waals surface area contributed by atoms with E-state index in [9.17, 15) is 4.79 Å². The number of benzene rings is 6. The normalized spacial score (nSPS) is 13.2. The van der Waals surface area contributed by atoms with Crippen molar-refractivity contribution >= 4 is 95.3 Å². The van der Waals surface area contributed by atoms with Gasteiger partial charge in [0.25, 0.3) is 11.6 Å². The number of aldehydes is 1. The van der Waals surface area contributed by atoms with Gasteiger partial charge in [-0.1, -0.05) is 92.0 Å². The van der Waals surface area contributed by atoms with Crippen LogP contribution in [0.25, 0.3) is 87.3 Å². The summed E-state index contributed by atoms with van der Waals surface area (Å²) in [6.45, 7) is 24.5. The molecule has 0 aliphatic carbocycles. The highest BCUT2D eigenvalue weighted by molar-refractivity contribution is 6.17. The topological polar surface area (TPSA) is 65.3 Å². The summed E-state index contributed by atoms with van der Waals surface area (Å²) >= 11 is 0. The fourth-order valence-corrected chi connectivity index (χ4v) is 8.88. The summed E-state index contributed by atoms with van der Waals surface area (Å²) in [7, 11) is 0. The molecule has 4 heterocycles. The second-order valence-electron chi connectivity index (χ2n) is 15.2.